The van der Waals surface area contributed by atoms with Gasteiger partial charge in [-0.1, -0.05) is 17.7 Å². The smallest absolute Gasteiger partial charge is 0.136 e. The van der Waals surface area contributed by atoms with Gasteiger partial charge in [0.1, 0.15) is 17.5 Å². The van der Waals surface area contributed by atoms with Crippen molar-refractivity contribution in [3.8, 4) is 11.1 Å². The van der Waals surface area contributed by atoms with Crippen molar-refractivity contribution in [3.05, 3.63) is 58.4 Å². The Balaban J connectivity index is 1.96. The van der Waals surface area contributed by atoms with Crippen LogP contribution in [-0.4, -0.2) is 6.04 Å². The molecular weight excluding hydrogens is 299 g/mol. The highest BCUT2D eigenvalue weighted by Crippen LogP contribution is 2.30. The van der Waals surface area contributed by atoms with Crippen LogP contribution >= 0.6 is 11.6 Å². The molecule has 1 fully saturated rings. The van der Waals surface area contributed by atoms with Gasteiger partial charge in [-0.2, -0.15) is 0 Å². The summed E-state index contributed by atoms with van der Waals surface area (Å²) >= 11 is 6.10. The lowest BCUT2D eigenvalue weighted by molar-refractivity contribution is 0.548. The standard InChI is InChI=1S/C16H13ClF3N/c17-13-4-1-9(5-10(13)8-21-12-2-3-12)16-14(19)6-11(18)7-15(16)20/h1,4-7,12,21H,2-3,8H2. The minimum Gasteiger partial charge on any atom is -0.310 e. The third-order valence-corrected chi connectivity index (χ3v) is 3.87. The second-order valence-electron chi connectivity index (χ2n) is 5.21. The first-order valence-electron chi connectivity index (χ1n) is 6.71. The van der Waals surface area contributed by atoms with Crippen LogP contribution in [0.2, 0.25) is 5.02 Å². The van der Waals surface area contributed by atoms with E-state index in [9.17, 15) is 13.2 Å². The predicted octanol–water partition coefficient (Wildman–Crippen LogP) is 4.68. The molecule has 0 aromatic heterocycles. The van der Waals surface area contributed by atoms with Gasteiger partial charge >= 0.3 is 0 Å². The fourth-order valence-corrected chi connectivity index (χ4v) is 2.41. The van der Waals surface area contributed by atoms with Crippen molar-refractivity contribution >= 4 is 11.6 Å². The Bertz CT molecular complexity index is 660. The SMILES string of the molecule is Fc1cc(F)c(-c2ccc(Cl)c(CNC3CC3)c2)c(F)c1. The maximum atomic E-state index is 13.8. The predicted molar refractivity (Wildman–Crippen MR) is 76.6 cm³/mol. The van der Waals surface area contributed by atoms with Crippen LogP contribution < -0.4 is 5.32 Å². The molecule has 0 radical (unpaired) electrons. The molecule has 1 aliphatic rings. The van der Waals surface area contributed by atoms with E-state index >= 15 is 0 Å². The van der Waals surface area contributed by atoms with Gasteiger partial charge in [0.05, 0.1) is 5.56 Å². The molecule has 0 amide bonds. The molecule has 0 atom stereocenters. The summed E-state index contributed by atoms with van der Waals surface area (Å²) in [5, 5.41) is 3.84. The molecule has 3 rings (SSSR count). The van der Waals surface area contributed by atoms with E-state index in [2.05, 4.69) is 5.32 Å². The third-order valence-electron chi connectivity index (χ3n) is 3.50. The van der Waals surface area contributed by atoms with Crippen LogP contribution in [0, 0.1) is 17.5 Å². The molecule has 0 saturated heterocycles. The van der Waals surface area contributed by atoms with E-state index in [0.29, 0.717) is 35.3 Å². The van der Waals surface area contributed by atoms with Gasteiger partial charge in [0.2, 0.25) is 0 Å². The van der Waals surface area contributed by atoms with Crippen LogP contribution in [0.5, 0.6) is 0 Å². The van der Waals surface area contributed by atoms with Gasteiger partial charge in [-0.3, -0.25) is 0 Å². The molecule has 1 saturated carbocycles. The molecule has 0 heterocycles. The van der Waals surface area contributed by atoms with Crippen molar-refractivity contribution in [2.24, 2.45) is 0 Å². The fraction of sp³-hybridized carbons (Fsp3) is 0.250. The fourth-order valence-electron chi connectivity index (χ4n) is 2.23. The number of rotatable bonds is 4. The minimum atomic E-state index is -0.932. The molecule has 1 nitrogen and oxygen atoms in total. The number of benzene rings is 2. The molecule has 1 N–H and O–H groups in total. The van der Waals surface area contributed by atoms with E-state index < -0.39 is 17.5 Å². The number of nitrogens with one attached hydrogen (secondary N) is 1. The van der Waals surface area contributed by atoms with Gasteiger partial charge in [-0.15, -0.1) is 0 Å². The van der Waals surface area contributed by atoms with E-state index in [1.165, 1.54) is 6.07 Å². The summed E-state index contributed by atoms with van der Waals surface area (Å²) < 4.78 is 40.6. The maximum Gasteiger partial charge on any atom is 0.136 e. The van der Waals surface area contributed by atoms with E-state index in [1.807, 2.05) is 0 Å². The van der Waals surface area contributed by atoms with Gasteiger partial charge in [-0.05, 0) is 36.1 Å². The highest BCUT2D eigenvalue weighted by Gasteiger charge is 2.21. The van der Waals surface area contributed by atoms with Crippen LogP contribution in [0.15, 0.2) is 30.3 Å². The minimum absolute atomic E-state index is 0.235. The Hall–Kier alpha value is -1.52. The molecule has 0 bridgehead atoms. The zero-order valence-corrected chi connectivity index (χ0v) is 11.9. The van der Waals surface area contributed by atoms with E-state index in [1.54, 1.807) is 12.1 Å². The number of hydrogen-bond acceptors (Lipinski definition) is 1. The maximum absolute atomic E-state index is 13.8. The van der Waals surface area contributed by atoms with Crippen molar-refractivity contribution in [2.75, 3.05) is 0 Å². The molecule has 0 spiro atoms. The molecule has 1 aliphatic carbocycles. The monoisotopic (exact) mass is 311 g/mol. The summed E-state index contributed by atoms with van der Waals surface area (Å²) in [5.74, 6) is -2.77. The van der Waals surface area contributed by atoms with Gasteiger partial charge in [0.15, 0.2) is 0 Å². The first-order chi connectivity index (χ1) is 10.0. The van der Waals surface area contributed by atoms with Crippen molar-refractivity contribution in [1.82, 2.24) is 5.32 Å². The van der Waals surface area contributed by atoms with Gasteiger partial charge < -0.3 is 5.32 Å². The van der Waals surface area contributed by atoms with Gasteiger partial charge in [0.25, 0.3) is 0 Å². The molecule has 5 heteroatoms. The number of halogens is 4. The van der Waals surface area contributed by atoms with Gasteiger partial charge in [-0.25, -0.2) is 13.2 Å². The first-order valence-corrected chi connectivity index (χ1v) is 7.09. The molecule has 110 valence electrons. The van der Waals surface area contributed by atoms with E-state index in [0.717, 1.165) is 18.4 Å². The Kier molecular flexibility index (Phi) is 3.91. The lowest BCUT2D eigenvalue weighted by atomic mass is 10.0. The summed E-state index contributed by atoms with van der Waals surface area (Å²) in [6, 6.07) is 6.62. The summed E-state index contributed by atoms with van der Waals surface area (Å²) in [6.45, 7) is 0.543. The average Bonchev–Trinajstić information content (AvgIpc) is 3.22. The Morgan fingerprint density at radius 2 is 1.71 bits per heavy atom. The van der Waals surface area contributed by atoms with E-state index in [4.69, 9.17) is 11.6 Å². The molecule has 0 aliphatic heterocycles. The molecule has 2 aromatic rings. The normalized spacial score (nSPS) is 14.5. The third kappa shape index (κ3) is 3.22. The summed E-state index contributed by atoms with van der Waals surface area (Å²) in [5.41, 5.74) is 0.881. The highest BCUT2D eigenvalue weighted by molar-refractivity contribution is 6.31. The first kappa shape index (κ1) is 14.4. The van der Waals surface area contributed by atoms with Crippen LogP contribution in [0.4, 0.5) is 13.2 Å². The van der Waals surface area contributed by atoms with Crippen LogP contribution in [0.25, 0.3) is 11.1 Å². The average molecular weight is 312 g/mol. The number of hydrogen-bond donors (Lipinski definition) is 1. The summed E-state index contributed by atoms with van der Waals surface area (Å²) in [6.07, 6.45) is 2.27. The molecule has 2 aromatic carbocycles. The summed E-state index contributed by atoms with van der Waals surface area (Å²) in [4.78, 5) is 0. The Morgan fingerprint density at radius 1 is 1.05 bits per heavy atom. The molecular formula is C16H13ClF3N. The second kappa shape index (κ2) is 5.70. The lowest BCUT2D eigenvalue weighted by Crippen LogP contribution is -2.15. The van der Waals surface area contributed by atoms with E-state index in [-0.39, 0.29) is 5.56 Å². The zero-order valence-electron chi connectivity index (χ0n) is 11.1. The molecule has 21 heavy (non-hydrogen) atoms. The van der Waals surface area contributed by atoms with Crippen molar-refractivity contribution < 1.29 is 13.2 Å². The highest BCUT2D eigenvalue weighted by atomic mass is 35.5. The quantitative estimate of drug-likeness (QED) is 0.864. The van der Waals surface area contributed by atoms with Crippen molar-refractivity contribution in [1.29, 1.82) is 0 Å². The second-order valence-corrected chi connectivity index (χ2v) is 5.61. The van der Waals surface area contributed by atoms with Crippen LogP contribution in [0.3, 0.4) is 0 Å². The van der Waals surface area contributed by atoms with Crippen molar-refractivity contribution in [3.63, 3.8) is 0 Å². The molecule has 0 unspecified atom stereocenters. The van der Waals surface area contributed by atoms with Crippen molar-refractivity contribution in [2.45, 2.75) is 25.4 Å². The lowest BCUT2D eigenvalue weighted by Gasteiger charge is -2.10. The van der Waals surface area contributed by atoms with Crippen LogP contribution in [-0.2, 0) is 6.54 Å². The largest absolute Gasteiger partial charge is 0.310 e. The summed E-state index contributed by atoms with van der Waals surface area (Å²) in [7, 11) is 0. The zero-order chi connectivity index (χ0) is 15.0. The Labute approximate surface area is 125 Å². The Morgan fingerprint density at radius 3 is 2.33 bits per heavy atom. The van der Waals surface area contributed by atoms with Gasteiger partial charge in [0, 0.05) is 29.7 Å². The topological polar surface area (TPSA) is 12.0 Å². The van der Waals surface area contributed by atoms with Crippen LogP contribution in [0.1, 0.15) is 18.4 Å².